The van der Waals surface area contributed by atoms with Crippen molar-refractivity contribution in [3.8, 4) is 0 Å². The molecule has 3 heteroatoms. The van der Waals surface area contributed by atoms with E-state index >= 15 is 0 Å². The Kier molecular flexibility index (Phi) is 3.57. The van der Waals surface area contributed by atoms with Gasteiger partial charge in [0.1, 0.15) is 5.82 Å². The Morgan fingerprint density at radius 2 is 1.81 bits per heavy atom. The lowest BCUT2D eigenvalue weighted by molar-refractivity contribution is 0.0989. The quantitative estimate of drug-likeness (QED) is 0.649. The predicted molar refractivity (Wildman–Crippen MR) is 82.1 cm³/mol. The topological polar surface area (TPSA) is 22.0 Å². The number of carbonyl (C=O) groups is 1. The highest BCUT2D eigenvalue weighted by molar-refractivity contribution is 6.08. The summed E-state index contributed by atoms with van der Waals surface area (Å²) in [5.74, 6) is -0.0954. The molecule has 21 heavy (non-hydrogen) atoms. The number of hydrogen-bond acceptors (Lipinski definition) is 1. The van der Waals surface area contributed by atoms with Crippen molar-refractivity contribution in [2.75, 3.05) is 0 Å². The van der Waals surface area contributed by atoms with E-state index in [1.165, 1.54) is 12.1 Å². The van der Waals surface area contributed by atoms with E-state index in [1.807, 2.05) is 42.0 Å². The van der Waals surface area contributed by atoms with Crippen molar-refractivity contribution in [2.24, 2.45) is 0 Å². The molecule has 0 amide bonds. The zero-order chi connectivity index (χ0) is 14.8. The molecule has 0 aliphatic carbocycles. The number of fused-ring (bicyclic) bond motifs is 1. The summed E-state index contributed by atoms with van der Waals surface area (Å²) in [6.45, 7) is 2.49. The number of aromatic nitrogens is 1. The Labute approximate surface area is 122 Å². The molecule has 0 fully saturated rings. The van der Waals surface area contributed by atoms with Crippen LogP contribution in [-0.4, -0.2) is 10.4 Å². The lowest BCUT2D eigenvalue weighted by Gasteiger charge is -2.05. The molecule has 0 aliphatic rings. The van der Waals surface area contributed by atoms with Crippen LogP contribution in [0.4, 0.5) is 4.39 Å². The molecule has 1 aromatic heterocycles. The van der Waals surface area contributed by atoms with E-state index in [-0.39, 0.29) is 11.6 Å². The summed E-state index contributed by atoms with van der Waals surface area (Å²) in [6, 6.07) is 14.3. The predicted octanol–water partition coefficient (Wildman–Crippen LogP) is 4.42. The van der Waals surface area contributed by atoms with Crippen molar-refractivity contribution >= 4 is 16.7 Å². The van der Waals surface area contributed by atoms with Crippen molar-refractivity contribution in [3.05, 3.63) is 71.7 Å². The van der Waals surface area contributed by atoms with E-state index in [4.69, 9.17) is 0 Å². The highest BCUT2D eigenvalue weighted by atomic mass is 19.1. The lowest BCUT2D eigenvalue weighted by Crippen LogP contribution is -1.99. The summed E-state index contributed by atoms with van der Waals surface area (Å²) < 4.78 is 15.0. The molecule has 3 rings (SSSR count). The number of halogens is 1. The zero-order valence-electron chi connectivity index (χ0n) is 11.8. The van der Waals surface area contributed by atoms with Crippen LogP contribution in [-0.2, 0) is 6.54 Å². The van der Waals surface area contributed by atoms with Crippen molar-refractivity contribution in [1.82, 2.24) is 4.57 Å². The summed E-state index contributed by atoms with van der Waals surface area (Å²) in [6.07, 6.45) is 2.39. The minimum Gasteiger partial charge on any atom is -0.342 e. The van der Waals surface area contributed by atoms with Gasteiger partial charge in [0.15, 0.2) is 5.78 Å². The van der Waals surface area contributed by atoms with Gasteiger partial charge >= 0.3 is 0 Å². The standard InChI is InChI=1S/C18H16FNO/c1-2-18(21)16-12-20(17-6-4-3-5-15(16)17)11-13-7-9-14(19)10-8-13/h3-10,12H,2,11H2,1H3. The Morgan fingerprint density at radius 1 is 1.10 bits per heavy atom. The smallest absolute Gasteiger partial charge is 0.164 e. The van der Waals surface area contributed by atoms with Gasteiger partial charge in [-0.05, 0) is 23.8 Å². The summed E-state index contributed by atoms with van der Waals surface area (Å²) in [7, 11) is 0. The molecule has 0 aliphatic heterocycles. The molecule has 3 aromatic rings. The number of nitrogens with zero attached hydrogens (tertiary/aromatic N) is 1. The molecule has 0 spiro atoms. The number of ketones is 1. The molecular weight excluding hydrogens is 265 g/mol. The third kappa shape index (κ3) is 2.59. The molecule has 0 unspecified atom stereocenters. The van der Waals surface area contributed by atoms with Crippen molar-refractivity contribution in [3.63, 3.8) is 0 Å². The molecule has 2 aromatic carbocycles. The van der Waals surface area contributed by atoms with Gasteiger partial charge in [0.25, 0.3) is 0 Å². The second kappa shape index (κ2) is 5.52. The maximum atomic E-state index is 13.0. The van der Waals surface area contributed by atoms with Gasteiger partial charge in [0, 0.05) is 35.6 Å². The first-order valence-electron chi connectivity index (χ1n) is 7.04. The van der Waals surface area contributed by atoms with Crippen LogP contribution in [0.15, 0.2) is 54.7 Å². The van der Waals surface area contributed by atoms with Crippen molar-refractivity contribution in [2.45, 2.75) is 19.9 Å². The largest absolute Gasteiger partial charge is 0.342 e. The van der Waals surface area contributed by atoms with E-state index in [0.29, 0.717) is 13.0 Å². The fourth-order valence-corrected chi connectivity index (χ4v) is 2.58. The summed E-state index contributed by atoms with van der Waals surface area (Å²) in [5.41, 5.74) is 2.79. The van der Waals surface area contributed by atoms with Gasteiger partial charge in [-0.25, -0.2) is 4.39 Å². The van der Waals surface area contributed by atoms with Gasteiger partial charge in [-0.3, -0.25) is 4.79 Å². The first-order chi connectivity index (χ1) is 10.2. The average molecular weight is 281 g/mol. The van der Waals surface area contributed by atoms with Crippen LogP contribution in [0.2, 0.25) is 0 Å². The third-order valence-corrected chi connectivity index (χ3v) is 3.68. The van der Waals surface area contributed by atoms with Gasteiger partial charge in [-0.2, -0.15) is 0 Å². The number of Topliss-reactive ketones (excluding diaryl/α,β-unsaturated/α-hetero) is 1. The third-order valence-electron chi connectivity index (χ3n) is 3.68. The molecule has 0 saturated carbocycles. The number of benzene rings is 2. The maximum absolute atomic E-state index is 13.0. The van der Waals surface area contributed by atoms with E-state index in [0.717, 1.165) is 22.0 Å². The van der Waals surface area contributed by atoms with Crippen molar-refractivity contribution < 1.29 is 9.18 Å². The van der Waals surface area contributed by atoms with Crippen LogP contribution in [0, 0.1) is 5.82 Å². The molecule has 0 N–H and O–H groups in total. The SMILES string of the molecule is CCC(=O)c1cn(Cc2ccc(F)cc2)c2ccccc12. The number of hydrogen-bond donors (Lipinski definition) is 0. The summed E-state index contributed by atoms with van der Waals surface area (Å²) in [4.78, 5) is 12.1. The lowest BCUT2D eigenvalue weighted by atomic mass is 10.1. The molecule has 0 radical (unpaired) electrons. The van der Waals surface area contributed by atoms with Gasteiger partial charge in [0.05, 0.1) is 0 Å². The molecule has 0 saturated heterocycles. The second-order valence-corrected chi connectivity index (χ2v) is 5.09. The van der Waals surface area contributed by atoms with Crippen LogP contribution in [0.1, 0.15) is 29.3 Å². The normalized spacial score (nSPS) is 11.0. The van der Waals surface area contributed by atoms with Crippen LogP contribution in [0.3, 0.4) is 0 Å². The zero-order valence-corrected chi connectivity index (χ0v) is 11.8. The first-order valence-corrected chi connectivity index (χ1v) is 7.04. The number of carbonyl (C=O) groups excluding carboxylic acids is 1. The Hall–Kier alpha value is -2.42. The van der Waals surface area contributed by atoms with Gasteiger partial charge in [-0.1, -0.05) is 37.3 Å². The first kappa shape index (κ1) is 13.6. The summed E-state index contributed by atoms with van der Waals surface area (Å²) in [5, 5.41) is 0.978. The van der Waals surface area contributed by atoms with Crippen molar-refractivity contribution in [1.29, 1.82) is 0 Å². The van der Waals surface area contributed by atoms with Crippen LogP contribution < -0.4 is 0 Å². The van der Waals surface area contributed by atoms with Crippen LogP contribution in [0.5, 0.6) is 0 Å². The molecule has 2 nitrogen and oxygen atoms in total. The van der Waals surface area contributed by atoms with Gasteiger partial charge in [0.2, 0.25) is 0 Å². The molecule has 0 bridgehead atoms. The Balaban J connectivity index is 2.06. The fourth-order valence-electron chi connectivity index (χ4n) is 2.58. The molecular formula is C18H16FNO. The molecule has 0 atom stereocenters. The highest BCUT2D eigenvalue weighted by Crippen LogP contribution is 2.23. The van der Waals surface area contributed by atoms with Crippen LogP contribution >= 0.6 is 0 Å². The Bertz CT molecular complexity index is 787. The number of rotatable bonds is 4. The number of para-hydroxylation sites is 1. The highest BCUT2D eigenvalue weighted by Gasteiger charge is 2.13. The van der Waals surface area contributed by atoms with E-state index in [9.17, 15) is 9.18 Å². The minimum absolute atomic E-state index is 0.143. The van der Waals surface area contributed by atoms with E-state index < -0.39 is 0 Å². The Morgan fingerprint density at radius 3 is 2.52 bits per heavy atom. The second-order valence-electron chi connectivity index (χ2n) is 5.09. The average Bonchev–Trinajstić information content (AvgIpc) is 2.88. The molecule has 106 valence electrons. The van der Waals surface area contributed by atoms with E-state index in [2.05, 4.69) is 0 Å². The minimum atomic E-state index is -0.238. The van der Waals surface area contributed by atoms with Gasteiger partial charge < -0.3 is 4.57 Å². The van der Waals surface area contributed by atoms with Crippen LogP contribution in [0.25, 0.3) is 10.9 Å². The summed E-state index contributed by atoms with van der Waals surface area (Å²) >= 11 is 0. The maximum Gasteiger partial charge on any atom is 0.164 e. The molecule has 1 heterocycles. The van der Waals surface area contributed by atoms with Gasteiger partial charge in [-0.15, -0.1) is 0 Å². The van der Waals surface area contributed by atoms with E-state index in [1.54, 1.807) is 12.1 Å². The monoisotopic (exact) mass is 281 g/mol. The fraction of sp³-hybridized carbons (Fsp3) is 0.167.